The van der Waals surface area contributed by atoms with Crippen LogP contribution >= 0.6 is 23.8 Å². The molecule has 0 aliphatic carbocycles. The van der Waals surface area contributed by atoms with E-state index in [0.717, 1.165) is 17.7 Å². The Balaban J connectivity index is 1.93. The second-order valence-electron chi connectivity index (χ2n) is 4.91. The Hall–Kier alpha value is -2.38. The molecular weight excluding hydrogens is 373 g/mol. The summed E-state index contributed by atoms with van der Waals surface area (Å²) in [6.07, 6.45) is -1.65. The molecule has 8 heteroatoms. The van der Waals surface area contributed by atoms with Crippen LogP contribution in [0.3, 0.4) is 0 Å². The number of benzene rings is 2. The van der Waals surface area contributed by atoms with Gasteiger partial charge in [-0.15, -0.1) is 0 Å². The number of carbonyl (C=O) groups excluding carboxylic acids is 1. The van der Waals surface area contributed by atoms with Crippen molar-refractivity contribution in [3.05, 3.63) is 70.8 Å². The number of halogens is 4. The van der Waals surface area contributed by atoms with Crippen LogP contribution in [0.5, 0.6) is 0 Å². The van der Waals surface area contributed by atoms with Gasteiger partial charge in [-0.05, 0) is 54.2 Å². The molecule has 0 radical (unpaired) electrons. The van der Waals surface area contributed by atoms with Crippen molar-refractivity contribution in [2.24, 2.45) is 0 Å². The molecule has 2 rings (SSSR count). The maximum atomic E-state index is 12.7. The summed E-state index contributed by atoms with van der Waals surface area (Å²) in [6.45, 7) is 0. The van der Waals surface area contributed by atoms with Crippen molar-refractivity contribution < 1.29 is 18.0 Å². The van der Waals surface area contributed by atoms with Crippen LogP contribution in [-0.4, -0.2) is 11.0 Å². The van der Waals surface area contributed by atoms with Crippen LogP contribution in [0.2, 0.25) is 5.02 Å². The molecule has 0 fully saturated rings. The summed E-state index contributed by atoms with van der Waals surface area (Å²) >= 11 is 10.7. The minimum Gasteiger partial charge on any atom is -0.332 e. The maximum absolute atomic E-state index is 12.7. The molecule has 0 aromatic heterocycles. The normalized spacial score (nSPS) is 11.4. The number of thiocarbonyl (C=S) groups is 1. The van der Waals surface area contributed by atoms with Gasteiger partial charge >= 0.3 is 6.18 Å². The highest BCUT2D eigenvalue weighted by Crippen LogP contribution is 2.30. The highest BCUT2D eigenvalue weighted by Gasteiger charge is 2.30. The summed E-state index contributed by atoms with van der Waals surface area (Å²) in [5, 5.41) is 5.37. The summed E-state index contributed by atoms with van der Waals surface area (Å²) in [5.41, 5.74) is 0.0763. The molecule has 0 atom stereocenters. The zero-order valence-electron chi connectivity index (χ0n) is 12.6. The molecule has 2 aromatic carbocycles. The molecule has 0 aliphatic rings. The van der Waals surface area contributed by atoms with Crippen molar-refractivity contribution in [2.75, 3.05) is 5.32 Å². The summed E-state index contributed by atoms with van der Waals surface area (Å²) in [4.78, 5) is 11.8. The van der Waals surface area contributed by atoms with E-state index in [4.69, 9.17) is 23.8 Å². The van der Waals surface area contributed by atoms with Crippen molar-refractivity contribution >= 4 is 46.6 Å². The minimum absolute atomic E-state index is 0.106. The van der Waals surface area contributed by atoms with E-state index < -0.39 is 17.6 Å². The summed E-state index contributed by atoms with van der Waals surface area (Å²) in [6, 6.07) is 11.3. The van der Waals surface area contributed by atoms with Gasteiger partial charge in [0.15, 0.2) is 5.11 Å². The third-order valence-electron chi connectivity index (χ3n) is 2.98. The van der Waals surface area contributed by atoms with E-state index in [1.807, 2.05) is 0 Å². The second kappa shape index (κ2) is 8.13. The first-order chi connectivity index (χ1) is 11.7. The van der Waals surface area contributed by atoms with E-state index in [2.05, 4.69) is 10.6 Å². The Morgan fingerprint density at radius 1 is 1.12 bits per heavy atom. The standard InChI is InChI=1S/C17H12ClF3N2OS/c18-13-7-4-11(5-8-13)6-9-15(24)23-16(25)22-14-3-1-2-12(10-14)17(19,20)21/h1-10H,(H2,22,23,24,25)/b9-6+. The molecule has 0 saturated heterocycles. The first-order valence-corrected chi connectivity index (χ1v) is 7.75. The average Bonchev–Trinajstić information content (AvgIpc) is 2.53. The van der Waals surface area contributed by atoms with E-state index >= 15 is 0 Å². The molecular formula is C17H12ClF3N2OS. The molecule has 0 unspecified atom stereocenters. The molecule has 130 valence electrons. The number of alkyl halides is 3. The van der Waals surface area contributed by atoms with E-state index in [1.165, 1.54) is 18.2 Å². The fraction of sp³-hybridized carbons (Fsp3) is 0.0588. The number of hydrogen-bond donors (Lipinski definition) is 2. The molecule has 0 spiro atoms. The van der Waals surface area contributed by atoms with E-state index in [1.54, 1.807) is 30.3 Å². The molecule has 0 bridgehead atoms. The lowest BCUT2D eigenvalue weighted by Crippen LogP contribution is -2.32. The smallest absolute Gasteiger partial charge is 0.332 e. The highest BCUT2D eigenvalue weighted by molar-refractivity contribution is 7.80. The SMILES string of the molecule is O=C(/C=C/c1ccc(Cl)cc1)NC(=S)Nc1cccc(C(F)(F)F)c1. The number of nitrogens with one attached hydrogen (secondary N) is 2. The molecule has 25 heavy (non-hydrogen) atoms. The van der Waals surface area contributed by atoms with Crippen LogP contribution < -0.4 is 10.6 Å². The molecule has 2 N–H and O–H groups in total. The van der Waals surface area contributed by atoms with Gasteiger partial charge in [0, 0.05) is 16.8 Å². The van der Waals surface area contributed by atoms with E-state index in [9.17, 15) is 18.0 Å². The quantitative estimate of drug-likeness (QED) is 0.585. The van der Waals surface area contributed by atoms with Gasteiger partial charge in [0.05, 0.1) is 5.56 Å². The van der Waals surface area contributed by atoms with Gasteiger partial charge in [-0.3, -0.25) is 10.1 Å². The Kier molecular flexibility index (Phi) is 6.17. The van der Waals surface area contributed by atoms with Crippen LogP contribution in [0.15, 0.2) is 54.6 Å². The number of hydrogen-bond acceptors (Lipinski definition) is 2. The van der Waals surface area contributed by atoms with Crippen LogP contribution in [0, 0.1) is 0 Å². The molecule has 0 saturated carbocycles. The van der Waals surface area contributed by atoms with Crippen LogP contribution in [0.1, 0.15) is 11.1 Å². The number of carbonyl (C=O) groups is 1. The van der Waals surface area contributed by atoms with Gasteiger partial charge in [0.1, 0.15) is 0 Å². The van der Waals surface area contributed by atoms with Crippen molar-refractivity contribution in [2.45, 2.75) is 6.18 Å². The Morgan fingerprint density at radius 3 is 2.44 bits per heavy atom. The van der Waals surface area contributed by atoms with Crippen molar-refractivity contribution in [1.82, 2.24) is 5.32 Å². The fourth-order valence-electron chi connectivity index (χ4n) is 1.83. The van der Waals surface area contributed by atoms with E-state index in [0.29, 0.717) is 5.02 Å². The van der Waals surface area contributed by atoms with Gasteiger partial charge in [-0.25, -0.2) is 0 Å². The highest BCUT2D eigenvalue weighted by atomic mass is 35.5. The zero-order chi connectivity index (χ0) is 18.4. The second-order valence-corrected chi connectivity index (χ2v) is 5.75. The van der Waals surface area contributed by atoms with Crippen molar-refractivity contribution in [3.63, 3.8) is 0 Å². The maximum Gasteiger partial charge on any atom is 0.416 e. The van der Waals surface area contributed by atoms with Gasteiger partial charge in [0.2, 0.25) is 5.91 Å². The lowest BCUT2D eigenvalue weighted by atomic mass is 10.2. The third-order valence-corrected chi connectivity index (χ3v) is 3.44. The molecule has 3 nitrogen and oxygen atoms in total. The summed E-state index contributed by atoms with van der Waals surface area (Å²) in [5.74, 6) is -0.514. The lowest BCUT2D eigenvalue weighted by molar-refractivity contribution is -0.137. The third kappa shape index (κ3) is 6.21. The Bertz CT molecular complexity index is 804. The van der Waals surface area contributed by atoms with Gasteiger partial charge in [-0.2, -0.15) is 13.2 Å². The molecule has 2 aromatic rings. The molecule has 1 amide bonds. The van der Waals surface area contributed by atoms with Gasteiger partial charge in [0.25, 0.3) is 0 Å². The van der Waals surface area contributed by atoms with E-state index in [-0.39, 0.29) is 10.8 Å². The number of amides is 1. The number of rotatable bonds is 3. The predicted molar refractivity (Wildman–Crippen MR) is 96.3 cm³/mol. The van der Waals surface area contributed by atoms with Crippen molar-refractivity contribution in [1.29, 1.82) is 0 Å². The van der Waals surface area contributed by atoms with Gasteiger partial charge < -0.3 is 5.32 Å². The Labute approximate surface area is 152 Å². The van der Waals surface area contributed by atoms with Gasteiger partial charge in [-0.1, -0.05) is 29.8 Å². The van der Waals surface area contributed by atoms with Crippen LogP contribution in [0.4, 0.5) is 18.9 Å². The van der Waals surface area contributed by atoms with Crippen LogP contribution in [-0.2, 0) is 11.0 Å². The first kappa shape index (κ1) is 19.0. The fourth-order valence-corrected chi connectivity index (χ4v) is 2.18. The topological polar surface area (TPSA) is 41.1 Å². The molecule has 0 heterocycles. The summed E-state index contributed by atoms with van der Waals surface area (Å²) < 4.78 is 38.0. The number of anilines is 1. The Morgan fingerprint density at radius 2 is 1.80 bits per heavy atom. The zero-order valence-corrected chi connectivity index (χ0v) is 14.2. The van der Waals surface area contributed by atoms with Crippen molar-refractivity contribution in [3.8, 4) is 0 Å². The summed E-state index contributed by atoms with van der Waals surface area (Å²) in [7, 11) is 0. The monoisotopic (exact) mass is 384 g/mol. The lowest BCUT2D eigenvalue weighted by Gasteiger charge is -2.11. The largest absolute Gasteiger partial charge is 0.416 e. The predicted octanol–water partition coefficient (Wildman–Crippen LogP) is 4.89. The molecule has 0 aliphatic heterocycles. The average molecular weight is 385 g/mol. The first-order valence-electron chi connectivity index (χ1n) is 6.97. The minimum atomic E-state index is -4.45. The van der Waals surface area contributed by atoms with Crippen LogP contribution in [0.25, 0.3) is 6.08 Å².